The Morgan fingerprint density at radius 3 is 2.92 bits per heavy atom. The van der Waals surface area contributed by atoms with Gasteiger partial charge in [-0.15, -0.1) is 11.3 Å². The van der Waals surface area contributed by atoms with Gasteiger partial charge < -0.3 is 5.32 Å². The molecule has 0 spiro atoms. The Kier molecular flexibility index (Phi) is 4.85. The van der Waals surface area contributed by atoms with Crippen LogP contribution in [0.5, 0.6) is 0 Å². The summed E-state index contributed by atoms with van der Waals surface area (Å²) >= 11 is 1.64. The zero-order valence-corrected chi connectivity index (χ0v) is 14.0. The van der Waals surface area contributed by atoms with Crippen LogP contribution in [0, 0.1) is 11.3 Å². The van der Waals surface area contributed by atoms with Crippen molar-refractivity contribution < 1.29 is 4.79 Å². The van der Waals surface area contributed by atoms with Crippen LogP contribution in [0.1, 0.15) is 10.6 Å². The highest BCUT2D eigenvalue weighted by Crippen LogP contribution is 2.22. The Morgan fingerprint density at radius 2 is 2.12 bits per heavy atom. The van der Waals surface area contributed by atoms with Crippen molar-refractivity contribution >= 4 is 33.1 Å². The zero-order valence-electron chi connectivity index (χ0n) is 13.2. The fourth-order valence-electron chi connectivity index (χ4n) is 2.39. The van der Waals surface area contributed by atoms with Crippen molar-refractivity contribution in [1.29, 1.82) is 5.26 Å². The highest BCUT2D eigenvalue weighted by atomic mass is 32.1. The highest BCUT2D eigenvalue weighted by molar-refractivity contribution is 7.18. The van der Waals surface area contributed by atoms with E-state index in [2.05, 4.69) is 16.4 Å². The molecule has 3 rings (SSSR count). The van der Waals surface area contributed by atoms with Crippen LogP contribution in [0.25, 0.3) is 10.2 Å². The number of likely N-dealkylation sites (N-methyl/N-ethyl adjacent to an activating group) is 1. The average Bonchev–Trinajstić information content (AvgIpc) is 2.96. The molecule has 120 valence electrons. The highest BCUT2D eigenvalue weighted by Gasteiger charge is 2.10. The fourth-order valence-corrected chi connectivity index (χ4v) is 3.43. The Bertz CT molecular complexity index is 880. The minimum absolute atomic E-state index is 0.117. The number of para-hydroxylation sites is 1. The molecule has 6 heteroatoms. The number of carbonyl (C=O) groups excluding carboxylic acids is 1. The number of benzene rings is 2. The van der Waals surface area contributed by atoms with Crippen LogP contribution in [0.2, 0.25) is 0 Å². The number of anilines is 1. The Labute approximate surface area is 144 Å². The van der Waals surface area contributed by atoms with Crippen molar-refractivity contribution in [2.45, 2.75) is 6.54 Å². The maximum atomic E-state index is 12.1. The number of aromatic nitrogens is 1. The van der Waals surface area contributed by atoms with Gasteiger partial charge in [-0.05, 0) is 37.4 Å². The number of hydrogen-bond acceptors (Lipinski definition) is 5. The quantitative estimate of drug-likeness (QED) is 0.776. The van der Waals surface area contributed by atoms with Crippen molar-refractivity contribution in [3.05, 3.63) is 59.1 Å². The molecule has 1 heterocycles. The molecule has 0 aliphatic carbocycles. The lowest BCUT2D eigenvalue weighted by atomic mass is 10.2. The summed E-state index contributed by atoms with van der Waals surface area (Å²) in [5, 5.41) is 12.7. The molecule has 2 aromatic carbocycles. The molecule has 0 aliphatic heterocycles. The summed E-state index contributed by atoms with van der Waals surface area (Å²) in [4.78, 5) is 18.6. The smallest absolute Gasteiger partial charge is 0.238 e. The Balaban J connectivity index is 1.58. The Morgan fingerprint density at radius 1 is 1.29 bits per heavy atom. The van der Waals surface area contributed by atoms with Gasteiger partial charge in [0.1, 0.15) is 5.01 Å². The monoisotopic (exact) mass is 336 g/mol. The molecule has 24 heavy (non-hydrogen) atoms. The van der Waals surface area contributed by atoms with Crippen molar-refractivity contribution in [2.75, 3.05) is 18.9 Å². The van der Waals surface area contributed by atoms with E-state index < -0.39 is 0 Å². The summed E-state index contributed by atoms with van der Waals surface area (Å²) in [6.45, 7) is 0.873. The van der Waals surface area contributed by atoms with E-state index in [-0.39, 0.29) is 12.5 Å². The summed E-state index contributed by atoms with van der Waals surface area (Å²) in [6, 6.07) is 16.9. The summed E-state index contributed by atoms with van der Waals surface area (Å²) in [5.41, 5.74) is 2.15. The molecule has 0 saturated heterocycles. The molecule has 0 fully saturated rings. The first-order valence-electron chi connectivity index (χ1n) is 7.47. The topological polar surface area (TPSA) is 69.0 Å². The lowest BCUT2D eigenvalue weighted by Crippen LogP contribution is -2.29. The molecular weight excluding hydrogens is 320 g/mol. The number of nitriles is 1. The molecule has 1 amide bonds. The second-order valence-corrected chi connectivity index (χ2v) is 6.60. The van der Waals surface area contributed by atoms with Crippen LogP contribution >= 0.6 is 11.3 Å². The summed E-state index contributed by atoms with van der Waals surface area (Å²) in [5.74, 6) is -0.117. The van der Waals surface area contributed by atoms with Crippen molar-refractivity contribution in [3.63, 3.8) is 0 Å². The van der Waals surface area contributed by atoms with E-state index in [0.717, 1.165) is 15.2 Å². The molecule has 0 saturated carbocycles. The third-order valence-electron chi connectivity index (χ3n) is 3.43. The first-order chi connectivity index (χ1) is 11.6. The van der Waals surface area contributed by atoms with Crippen molar-refractivity contribution in [3.8, 4) is 6.07 Å². The van der Waals surface area contributed by atoms with E-state index in [1.807, 2.05) is 36.2 Å². The molecule has 3 aromatic rings. The standard InChI is InChI=1S/C18H16N4OS/c1-22(12-18-21-15-7-2-3-8-16(15)24-18)11-17(23)20-14-6-4-5-13(9-14)10-19/h2-9H,11-12H2,1H3,(H,20,23). The number of hydrogen-bond donors (Lipinski definition) is 1. The van der Waals surface area contributed by atoms with E-state index in [4.69, 9.17) is 5.26 Å². The second-order valence-electron chi connectivity index (χ2n) is 5.49. The van der Waals surface area contributed by atoms with Gasteiger partial charge in [-0.1, -0.05) is 18.2 Å². The molecule has 0 bridgehead atoms. The van der Waals surface area contributed by atoms with Crippen molar-refractivity contribution in [2.24, 2.45) is 0 Å². The minimum atomic E-state index is -0.117. The minimum Gasteiger partial charge on any atom is -0.325 e. The number of thiazole rings is 1. The van der Waals surface area contributed by atoms with E-state index in [1.54, 1.807) is 35.6 Å². The first kappa shape index (κ1) is 16.1. The second kappa shape index (κ2) is 7.21. The van der Waals surface area contributed by atoms with Gasteiger partial charge in [0.25, 0.3) is 0 Å². The van der Waals surface area contributed by atoms with Gasteiger partial charge >= 0.3 is 0 Å². The van der Waals surface area contributed by atoms with Crippen LogP contribution in [-0.4, -0.2) is 29.4 Å². The number of fused-ring (bicyclic) bond motifs is 1. The molecular formula is C18H16N4OS. The van der Waals surface area contributed by atoms with Gasteiger partial charge in [0.05, 0.1) is 34.9 Å². The largest absolute Gasteiger partial charge is 0.325 e. The molecule has 1 aromatic heterocycles. The number of carbonyl (C=O) groups is 1. The average molecular weight is 336 g/mol. The number of nitrogens with one attached hydrogen (secondary N) is 1. The van der Waals surface area contributed by atoms with Gasteiger partial charge in [-0.2, -0.15) is 5.26 Å². The maximum Gasteiger partial charge on any atom is 0.238 e. The normalized spacial score (nSPS) is 10.7. The van der Waals surface area contributed by atoms with Crippen LogP contribution < -0.4 is 5.32 Å². The SMILES string of the molecule is CN(CC(=O)Nc1cccc(C#N)c1)Cc1nc2ccccc2s1. The fraction of sp³-hybridized carbons (Fsp3) is 0.167. The van der Waals surface area contributed by atoms with E-state index >= 15 is 0 Å². The molecule has 0 aliphatic rings. The molecule has 0 radical (unpaired) electrons. The summed E-state index contributed by atoms with van der Waals surface area (Å²) in [7, 11) is 1.89. The van der Waals surface area contributed by atoms with Crippen molar-refractivity contribution in [1.82, 2.24) is 9.88 Å². The van der Waals surface area contributed by atoms with Crippen LogP contribution in [-0.2, 0) is 11.3 Å². The molecule has 5 nitrogen and oxygen atoms in total. The van der Waals surface area contributed by atoms with E-state index in [1.165, 1.54) is 0 Å². The summed E-state index contributed by atoms with van der Waals surface area (Å²) < 4.78 is 1.15. The van der Waals surface area contributed by atoms with Crippen LogP contribution in [0.15, 0.2) is 48.5 Å². The zero-order chi connectivity index (χ0) is 16.9. The molecule has 0 unspecified atom stereocenters. The Hall–Kier alpha value is -2.75. The molecule has 0 atom stereocenters. The summed E-state index contributed by atoms with van der Waals surface area (Å²) in [6.07, 6.45) is 0. The predicted molar refractivity (Wildman–Crippen MR) is 95.7 cm³/mol. The van der Waals surface area contributed by atoms with E-state index in [9.17, 15) is 4.79 Å². The van der Waals surface area contributed by atoms with E-state index in [0.29, 0.717) is 17.8 Å². The predicted octanol–water partition coefficient (Wildman–Crippen LogP) is 3.24. The van der Waals surface area contributed by atoms with Crippen LogP contribution in [0.3, 0.4) is 0 Å². The lowest BCUT2D eigenvalue weighted by molar-refractivity contribution is -0.117. The number of rotatable bonds is 5. The van der Waals surface area contributed by atoms with Gasteiger partial charge in [0.2, 0.25) is 5.91 Å². The number of amides is 1. The maximum absolute atomic E-state index is 12.1. The third-order valence-corrected chi connectivity index (χ3v) is 4.45. The lowest BCUT2D eigenvalue weighted by Gasteiger charge is -2.14. The first-order valence-corrected chi connectivity index (χ1v) is 8.29. The van der Waals surface area contributed by atoms with Gasteiger partial charge in [0, 0.05) is 5.69 Å². The third kappa shape index (κ3) is 3.96. The van der Waals surface area contributed by atoms with Gasteiger partial charge in [0.15, 0.2) is 0 Å². The molecule has 1 N–H and O–H groups in total. The van der Waals surface area contributed by atoms with Gasteiger partial charge in [-0.25, -0.2) is 4.98 Å². The van der Waals surface area contributed by atoms with Crippen LogP contribution in [0.4, 0.5) is 5.69 Å². The number of nitrogens with zero attached hydrogens (tertiary/aromatic N) is 3. The van der Waals surface area contributed by atoms with Gasteiger partial charge in [-0.3, -0.25) is 9.69 Å².